The highest BCUT2D eigenvalue weighted by atomic mass is 19.1. The van der Waals surface area contributed by atoms with E-state index in [9.17, 15) is 13.6 Å². The zero-order chi connectivity index (χ0) is 12.1. The van der Waals surface area contributed by atoms with Crippen LogP contribution in [0.25, 0.3) is 0 Å². The van der Waals surface area contributed by atoms with Gasteiger partial charge in [0.25, 0.3) is 0 Å². The molecule has 0 aliphatic rings. The number of rotatable bonds is 3. The van der Waals surface area contributed by atoms with Crippen LogP contribution in [0.2, 0.25) is 0 Å². The predicted molar refractivity (Wildman–Crippen MR) is 58.3 cm³/mol. The van der Waals surface area contributed by atoms with Crippen LogP contribution in [-0.2, 0) is 0 Å². The van der Waals surface area contributed by atoms with E-state index in [1.165, 1.54) is 11.0 Å². The molecule has 1 rings (SSSR count). The Labute approximate surface area is 93.1 Å². The molecule has 16 heavy (non-hydrogen) atoms. The summed E-state index contributed by atoms with van der Waals surface area (Å²) < 4.78 is 26.4. The van der Waals surface area contributed by atoms with Crippen LogP contribution in [-0.4, -0.2) is 24.0 Å². The molecule has 0 aliphatic heterocycles. The molecular formula is C11H14F2N2O. The molecule has 3 nitrogen and oxygen atoms in total. The van der Waals surface area contributed by atoms with Gasteiger partial charge in [-0.2, -0.15) is 0 Å². The van der Waals surface area contributed by atoms with Gasteiger partial charge in [0.1, 0.15) is 17.3 Å². The number of carbonyl (C=O) groups is 1. The van der Waals surface area contributed by atoms with Gasteiger partial charge in [0.2, 0.25) is 0 Å². The van der Waals surface area contributed by atoms with Gasteiger partial charge in [-0.05, 0) is 26.0 Å². The Morgan fingerprint density at radius 1 is 1.25 bits per heavy atom. The van der Waals surface area contributed by atoms with E-state index in [1.54, 1.807) is 13.8 Å². The third-order valence-electron chi connectivity index (χ3n) is 2.25. The van der Waals surface area contributed by atoms with Crippen molar-refractivity contribution in [3.05, 3.63) is 29.8 Å². The third-order valence-corrected chi connectivity index (χ3v) is 2.25. The first-order chi connectivity index (χ1) is 7.60. The standard InChI is InChI=1S/C11H14F2N2O/c1-3-15(4-2)11(16)14-10-8(12)6-5-7-9(10)13/h5-7H,3-4H2,1-2H3,(H,14,16). The molecule has 0 bridgehead atoms. The van der Waals surface area contributed by atoms with Gasteiger partial charge in [0.05, 0.1) is 0 Å². The summed E-state index contributed by atoms with van der Waals surface area (Å²) in [7, 11) is 0. The minimum Gasteiger partial charge on any atom is -0.325 e. The van der Waals surface area contributed by atoms with E-state index in [0.717, 1.165) is 12.1 Å². The summed E-state index contributed by atoms with van der Waals surface area (Å²) in [6, 6.07) is 2.94. The average Bonchev–Trinajstić information content (AvgIpc) is 2.25. The van der Waals surface area contributed by atoms with E-state index in [-0.39, 0.29) is 0 Å². The Hall–Kier alpha value is -1.65. The Balaban J connectivity index is 2.84. The molecule has 0 spiro atoms. The van der Waals surface area contributed by atoms with Gasteiger partial charge >= 0.3 is 6.03 Å². The van der Waals surface area contributed by atoms with Crippen molar-refractivity contribution in [2.24, 2.45) is 0 Å². The fraction of sp³-hybridized carbons (Fsp3) is 0.364. The second-order valence-corrected chi connectivity index (χ2v) is 3.20. The molecule has 1 aromatic rings. The van der Waals surface area contributed by atoms with E-state index in [4.69, 9.17) is 0 Å². The van der Waals surface area contributed by atoms with Gasteiger partial charge in [-0.15, -0.1) is 0 Å². The second-order valence-electron chi connectivity index (χ2n) is 3.20. The Bertz CT molecular complexity index is 358. The maximum atomic E-state index is 13.2. The number of amides is 2. The van der Waals surface area contributed by atoms with Gasteiger partial charge in [0.15, 0.2) is 0 Å². The lowest BCUT2D eigenvalue weighted by atomic mass is 10.3. The lowest BCUT2D eigenvalue weighted by molar-refractivity contribution is 0.217. The van der Waals surface area contributed by atoms with Crippen LogP contribution in [0.15, 0.2) is 18.2 Å². The molecule has 0 saturated carbocycles. The third kappa shape index (κ3) is 2.68. The summed E-state index contributed by atoms with van der Waals surface area (Å²) in [5.74, 6) is -1.55. The fourth-order valence-corrected chi connectivity index (χ4v) is 1.31. The number of nitrogens with zero attached hydrogens (tertiary/aromatic N) is 1. The van der Waals surface area contributed by atoms with E-state index < -0.39 is 23.4 Å². The molecule has 88 valence electrons. The number of urea groups is 1. The molecule has 0 aliphatic carbocycles. The van der Waals surface area contributed by atoms with Crippen molar-refractivity contribution in [1.82, 2.24) is 4.90 Å². The summed E-state index contributed by atoms with van der Waals surface area (Å²) >= 11 is 0. The van der Waals surface area contributed by atoms with Gasteiger partial charge < -0.3 is 10.2 Å². The van der Waals surface area contributed by atoms with Gasteiger partial charge in [-0.3, -0.25) is 0 Å². The highest BCUT2D eigenvalue weighted by Crippen LogP contribution is 2.18. The largest absolute Gasteiger partial charge is 0.325 e. The zero-order valence-corrected chi connectivity index (χ0v) is 9.26. The molecule has 1 N–H and O–H groups in total. The Morgan fingerprint density at radius 3 is 2.19 bits per heavy atom. The highest BCUT2D eigenvalue weighted by molar-refractivity contribution is 5.89. The van der Waals surface area contributed by atoms with Crippen LogP contribution < -0.4 is 5.32 Å². The molecule has 0 unspecified atom stereocenters. The molecule has 0 heterocycles. The zero-order valence-electron chi connectivity index (χ0n) is 9.26. The van der Waals surface area contributed by atoms with Crippen LogP contribution in [0.3, 0.4) is 0 Å². The lowest BCUT2D eigenvalue weighted by Gasteiger charge is -2.19. The topological polar surface area (TPSA) is 32.3 Å². The van der Waals surface area contributed by atoms with Crippen LogP contribution >= 0.6 is 0 Å². The van der Waals surface area contributed by atoms with Crippen molar-refractivity contribution >= 4 is 11.7 Å². The number of hydrogen-bond donors (Lipinski definition) is 1. The predicted octanol–water partition coefficient (Wildman–Crippen LogP) is 2.84. The monoisotopic (exact) mass is 228 g/mol. The van der Waals surface area contributed by atoms with E-state index in [2.05, 4.69) is 5.32 Å². The van der Waals surface area contributed by atoms with Crippen LogP contribution in [0.1, 0.15) is 13.8 Å². The average molecular weight is 228 g/mol. The molecule has 0 fully saturated rings. The maximum absolute atomic E-state index is 13.2. The Morgan fingerprint density at radius 2 is 1.75 bits per heavy atom. The maximum Gasteiger partial charge on any atom is 0.321 e. The van der Waals surface area contributed by atoms with Gasteiger partial charge in [-0.25, -0.2) is 13.6 Å². The second kappa shape index (κ2) is 5.44. The number of halogens is 2. The van der Waals surface area contributed by atoms with Crippen molar-refractivity contribution in [3.63, 3.8) is 0 Å². The number of hydrogen-bond acceptors (Lipinski definition) is 1. The number of benzene rings is 1. The molecule has 0 radical (unpaired) electrons. The first-order valence-corrected chi connectivity index (χ1v) is 5.10. The van der Waals surface area contributed by atoms with Crippen molar-refractivity contribution in [2.75, 3.05) is 18.4 Å². The molecule has 0 atom stereocenters. The number of anilines is 1. The summed E-state index contributed by atoms with van der Waals surface area (Å²) in [4.78, 5) is 13.0. The van der Waals surface area contributed by atoms with Crippen molar-refractivity contribution in [1.29, 1.82) is 0 Å². The van der Waals surface area contributed by atoms with Crippen molar-refractivity contribution < 1.29 is 13.6 Å². The lowest BCUT2D eigenvalue weighted by Crippen LogP contribution is -2.35. The summed E-state index contributed by atoms with van der Waals surface area (Å²) in [6.07, 6.45) is 0. The summed E-state index contributed by atoms with van der Waals surface area (Å²) in [5.41, 5.74) is -0.403. The fourth-order valence-electron chi connectivity index (χ4n) is 1.31. The van der Waals surface area contributed by atoms with Crippen molar-refractivity contribution in [3.8, 4) is 0 Å². The summed E-state index contributed by atoms with van der Waals surface area (Å²) in [6.45, 7) is 4.55. The number of nitrogens with one attached hydrogen (secondary N) is 1. The quantitative estimate of drug-likeness (QED) is 0.847. The minimum absolute atomic E-state index is 0.403. The van der Waals surface area contributed by atoms with E-state index in [1.807, 2.05) is 0 Å². The van der Waals surface area contributed by atoms with Gasteiger partial charge in [0, 0.05) is 13.1 Å². The molecule has 5 heteroatoms. The van der Waals surface area contributed by atoms with E-state index >= 15 is 0 Å². The van der Waals surface area contributed by atoms with E-state index in [0.29, 0.717) is 13.1 Å². The van der Waals surface area contributed by atoms with Crippen LogP contribution in [0.5, 0.6) is 0 Å². The molecule has 0 saturated heterocycles. The smallest absolute Gasteiger partial charge is 0.321 e. The number of carbonyl (C=O) groups excluding carboxylic acids is 1. The molecule has 2 amide bonds. The van der Waals surface area contributed by atoms with Gasteiger partial charge in [-0.1, -0.05) is 6.07 Å². The normalized spacial score (nSPS) is 10.0. The van der Waals surface area contributed by atoms with Crippen molar-refractivity contribution in [2.45, 2.75) is 13.8 Å². The minimum atomic E-state index is -0.777. The highest BCUT2D eigenvalue weighted by Gasteiger charge is 2.14. The first kappa shape index (κ1) is 12.4. The molecular weight excluding hydrogens is 214 g/mol. The molecule has 0 aromatic heterocycles. The number of para-hydroxylation sites is 1. The molecule has 1 aromatic carbocycles. The Kier molecular flexibility index (Phi) is 4.22. The SMILES string of the molecule is CCN(CC)C(=O)Nc1c(F)cccc1F. The van der Waals surface area contributed by atoms with Crippen LogP contribution in [0, 0.1) is 11.6 Å². The van der Waals surface area contributed by atoms with Crippen LogP contribution in [0.4, 0.5) is 19.3 Å². The first-order valence-electron chi connectivity index (χ1n) is 5.10. The summed E-state index contributed by atoms with van der Waals surface area (Å²) in [5, 5.41) is 2.22.